The van der Waals surface area contributed by atoms with Crippen LogP contribution >= 0.6 is 0 Å². The number of rotatable bonds is 4. The average Bonchev–Trinajstić information content (AvgIpc) is 2.86. The molecule has 7 nitrogen and oxygen atoms in total. The molecule has 132 valence electrons. The van der Waals surface area contributed by atoms with Crippen molar-refractivity contribution in [1.82, 2.24) is 19.7 Å². The van der Waals surface area contributed by atoms with Gasteiger partial charge in [-0.1, -0.05) is 25.0 Å². The lowest BCUT2D eigenvalue weighted by atomic mass is 10.2. The molecule has 1 saturated heterocycles. The molecule has 2 heterocycles. The van der Waals surface area contributed by atoms with Crippen LogP contribution in [0, 0.1) is 5.82 Å². The summed E-state index contributed by atoms with van der Waals surface area (Å²) in [7, 11) is 0. The van der Waals surface area contributed by atoms with Crippen molar-refractivity contribution in [2.75, 3.05) is 18.4 Å². The fourth-order valence-corrected chi connectivity index (χ4v) is 2.80. The lowest BCUT2D eigenvalue weighted by molar-refractivity contribution is -0.132. The van der Waals surface area contributed by atoms with Gasteiger partial charge in [0, 0.05) is 13.1 Å². The molecule has 1 fully saturated rings. The summed E-state index contributed by atoms with van der Waals surface area (Å²) in [4.78, 5) is 30.1. The van der Waals surface area contributed by atoms with Gasteiger partial charge in [-0.15, -0.1) is 5.10 Å². The number of nitrogens with one attached hydrogen (secondary N) is 1. The van der Waals surface area contributed by atoms with E-state index in [2.05, 4.69) is 15.4 Å². The monoisotopic (exact) mass is 345 g/mol. The molecule has 0 atom stereocenters. The average molecular weight is 345 g/mol. The number of benzene rings is 1. The number of aromatic nitrogens is 3. The number of likely N-dealkylation sites (tertiary alicyclic amines) is 1. The quantitative estimate of drug-likeness (QED) is 0.920. The lowest BCUT2D eigenvalue weighted by Gasteiger charge is -2.19. The van der Waals surface area contributed by atoms with Gasteiger partial charge in [-0.3, -0.25) is 14.9 Å². The van der Waals surface area contributed by atoms with E-state index in [4.69, 9.17) is 0 Å². The van der Waals surface area contributed by atoms with E-state index in [1.807, 2.05) is 4.90 Å². The summed E-state index contributed by atoms with van der Waals surface area (Å²) in [5.74, 6) is -1.22. The normalized spacial score (nSPS) is 14.8. The molecule has 1 aliphatic rings. The third-order valence-electron chi connectivity index (χ3n) is 4.14. The summed E-state index contributed by atoms with van der Waals surface area (Å²) in [6.45, 7) is 1.61. The highest BCUT2D eigenvalue weighted by molar-refractivity contribution is 6.03. The van der Waals surface area contributed by atoms with Crippen molar-refractivity contribution in [3.63, 3.8) is 0 Å². The Morgan fingerprint density at radius 2 is 1.84 bits per heavy atom. The van der Waals surface area contributed by atoms with Crippen LogP contribution in [0.15, 0.2) is 30.6 Å². The lowest BCUT2D eigenvalue weighted by Crippen LogP contribution is -2.34. The summed E-state index contributed by atoms with van der Waals surface area (Å²) in [6, 6.07) is 5.67. The van der Waals surface area contributed by atoms with Crippen LogP contribution in [0.2, 0.25) is 0 Å². The van der Waals surface area contributed by atoms with Crippen LogP contribution in [0.25, 0.3) is 0 Å². The minimum absolute atomic E-state index is 0.0150. The Bertz CT molecular complexity index is 753. The zero-order valence-electron chi connectivity index (χ0n) is 13.8. The summed E-state index contributed by atoms with van der Waals surface area (Å²) >= 11 is 0. The number of amides is 2. The number of anilines is 1. The Hall–Kier alpha value is -2.77. The van der Waals surface area contributed by atoms with E-state index < -0.39 is 11.7 Å². The van der Waals surface area contributed by atoms with Gasteiger partial charge in [0.2, 0.25) is 11.9 Å². The van der Waals surface area contributed by atoms with E-state index in [9.17, 15) is 14.0 Å². The molecule has 0 unspecified atom stereocenters. The first-order valence-electron chi connectivity index (χ1n) is 8.36. The van der Waals surface area contributed by atoms with Crippen LogP contribution in [0.4, 0.5) is 10.3 Å². The highest BCUT2D eigenvalue weighted by Gasteiger charge is 2.17. The predicted molar refractivity (Wildman–Crippen MR) is 89.4 cm³/mol. The maximum atomic E-state index is 13.6. The van der Waals surface area contributed by atoms with Gasteiger partial charge < -0.3 is 4.90 Å². The van der Waals surface area contributed by atoms with Crippen LogP contribution in [0.5, 0.6) is 0 Å². The predicted octanol–water partition coefficient (Wildman–Crippen LogP) is 2.07. The van der Waals surface area contributed by atoms with Gasteiger partial charge in [0.25, 0.3) is 5.91 Å². The largest absolute Gasteiger partial charge is 0.341 e. The van der Waals surface area contributed by atoms with Gasteiger partial charge in [-0.05, 0) is 25.0 Å². The van der Waals surface area contributed by atoms with Crippen molar-refractivity contribution in [2.45, 2.75) is 32.2 Å². The van der Waals surface area contributed by atoms with Crippen molar-refractivity contribution < 1.29 is 14.0 Å². The Balaban J connectivity index is 1.59. The van der Waals surface area contributed by atoms with Crippen molar-refractivity contribution in [3.8, 4) is 0 Å². The molecular weight excluding hydrogens is 325 g/mol. The molecule has 3 rings (SSSR count). The van der Waals surface area contributed by atoms with E-state index in [0.717, 1.165) is 38.8 Å². The fourth-order valence-electron chi connectivity index (χ4n) is 2.80. The molecule has 0 bridgehead atoms. The second kappa shape index (κ2) is 7.87. The Morgan fingerprint density at radius 3 is 2.56 bits per heavy atom. The maximum Gasteiger partial charge on any atom is 0.261 e. The van der Waals surface area contributed by atoms with Crippen LogP contribution in [-0.4, -0.2) is 44.6 Å². The van der Waals surface area contributed by atoms with Gasteiger partial charge in [0.05, 0.1) is 5.56 Å². The van der Waals surface area contributed by atoms with Gasteiger partial charge in [-0.25, -0.2) is 14.1 Å². The van der Waals surface area contributed by atoms with Crippen LogP contribution in [0.1, 0.15) is 36.0 Å². The van der Waals surface area contributed by atoms with Crippen LogP contribution in [-0.2, 0) is 11.3 Å². The summed E-state index contributed by atoms with van der Waals surface area (Å²) in [5, 5.41) is 6.50. The Morgan fingerprint density at radius 1 is 1.12 bits per heavy atom. The SMILES string of the molecule is O=C(Nc1ncn(CC(=O)N2CCCCCC2)n1)c1ccccc1F. The van der Waals surface area contributed by atoms with E-state index in [0.29, 0.717) is 0 Å². The molecule has 0 aliphatic carbocycles. The molecule has 2 aromatic rings. The number of hydrogen-bond donors (Lipinski definition) is 1. The summed E-state index contributed by atoms with van der Waals surface area (Å²) in [5.41, 5.74) is -0.0838. The Kier molecular flexibility index (Phi) is 5.37. The topological polar surface area (TPSA) is 80.1 Å². The molecule has 1 aliphatic heterocycles. The number of nitrogens with zero attached hydrogens (tertiary/aromatic N) is 4. The highest BCUT2D eigenvalue weighted by atomic mass is 19.1. The van der Waals surface area contributed by atoms with Gasteiger partial charge in [0.15, 0.2) is 0 Å². The Labute approximate surface area is 144 Å². The minimum atomic E-state index is -0.630. The number of carbonyl (C=O) groups excluding carboxylic acids is 2. The number of carbonyl (C=O) groups is 2. The molecular formula is C17H20FN5O2. The third-order valence-corrected chi connectivity index (χ3v) is 4.14. The number of halogens is 1. The van der Waals surface area contributed by atoms with Gasteiger partial charge >= 0.3 is 0 Å². The fraction of sp³-hybridized carbons (Fsp3) is 0.412. The molecule has 1 aromatic heterocycles. The maximum absolute atomic E-state index is 13.6. The van der Waals surface area contributed by atoms with E-state index in [1.165, 1.54) is 29.2 Å². The second-order valence-electron chi connectivity index (χ2n) is 5.99. The number of hydrogen-bond acceptors (Lipinski definition) is 4. The smallest absolute Gasteiger partial charge is 0.261 e. The van der Waals surface area contributed by atoms with Crippen LogP contribution in [0.3, 0.4) is 0 Å². The molecule has 1 aromatic carbocycles. The van der Waals surface area contributed by atoms with Crippen molar-refractivity contribution >= 4 is 17.8 Å². The first-order chi connectivity index (χ1) is 12.1. The zero-order chi connectivity index (χ0) is 17.6. The molecule has 1 N–H and O–H groups in total. The molecule has 0 radical (unpaired) electrons. The highest BCUT2D eigenvalue weighted by Crippen LogP contribution is 2.11. The minimum Gasteiger partial charge on any atom is -0.341 e. The second-order valence-corrected chi connectivity index (χ2v) is 5.99. The zero-order valence-corrected chi connectivity index (χ0v) is 13.8. The van der Waals surface area contributed by atoms with Crippen molar-refractivity contribution in [3.05, 3.63) is 42.0 Å². The van der Waals surface area contributed by atoms with Gasteiger partial charge in [-0.2, -0.15) is 0 Å². The summed E-state index contributed by atoms with van der Waals surface area (Å²) in [6.07, 6.45) is 5.73. The van der Waals surface area contributed by atoms with Crippen LogP contribution < -0.4 is 5.32 Å². The van der Waals surface area contributed by atoms with Crippen molar-refractivity contribution in [2.24, 2.45) is 0 Å². The first-order valence-corrected chi connectivity index (χ1v) is 8.36. The standard InChI is InChI=1S/C17H20FN5O2/c18-14-8-4-3-7-13(14)16(25)20-17-19-12-23(21-17)11-15(24)22-9-5-1-2-6-10-22/h3-4,7-8,12H,1-2,5-6,9-11H2,(H,20,21,25). The molecule has 0 spiro atoms. The van der Waals surface area contributed by atoms with Crippen molar-refractivity contribution in [1.29, 1.82) is 0 Å². The third kappa shape index (κ3) is 4.40. The first kappa shape index (κ1) is 17.1. The van der Waals surface area contributed by atoms with E-state index in [-0.39, 0.29) is 24.0 Å². The molecule has 25 heavy (non-hydrogen) atoms. The molecule has 2 amide bonds. The molecule has 0 saturated carbocycles. The van der Waals surface area contributed by atoms with E-state index in [1.54, 1.807) is 6.07 Å². The molecule has 8 heteroatoms. The summed E-state index contributed by atoms with van der Waals surface area (Å²) < 4.78 is 15.0. The van der Waals surface area contributed by atoms with Gasteiger partial charge in [0.1, 0.15) is 18.7 Å². The van der Waals surface area contributed by atoms with E-state index >= 15 is 0 Å².